The lowest BCUT2D eigenvalue weighted by atomic mass is 9.88. The van der Waals surface area contributed by atoms with Crippen molar-refractivity contribution in [2.45, 2.75) is 49.1 Å². The van der Waals surface area contributed by atoms with Gasteiger partial charge in [0.2, 0.25) is 19.5 Å². The van der Waals surface area contributed by atoms with Gasteiger partial charge in [-0.25, -0.2) is 9.97 Å². The molecule has 10 rings (SSSR count). The first-order valence-corrected chi connectivity index (χ1v) is 19.5. The Kier molecular flexibility index (Phi) is 10.2. The Bertz CT molecular complexity index is 2600. The van der Waals surface area contributed by atoms with Gasteiger partial charge in [-0.3, -0.25) is 19.5 Å². The van der Waals surface area contributed by atoms with Crippen LogP contribution in [0.2, 0.25) is 0 Å². The molecule has 5 heterocycles. The Morgan fingerprint density at radius 2 is 1.38 bits per heavy atom. The molecule has 1 N–H and O–H groups in total. The van der Waals surface area contributed by atoms with Crippen molar-refractivity contribution in [3.8, 4) is 28.7 Å². The van der Waals surface area contributed by atoms with Gasteiger partial charge in [0, 0.05) is 25.0 Å². The van der Waals surface area contributed by atoms with Crippen molar-refractivity contribution in [3.05, 3.63) is 144 Å². The second-order valence-corrected chi connectivity index (χ2v) is 15.0. The van der Waals surface area contributed by atoms with Crippen LogP contribution in [0.25, 0.3) is 0 Å². The number of ether oxygens (including phenoxy) is 5. The zero-order valence-electron chi connectivity index (χ0n) is 32.8. The van der Waals surface area contributed by atoms with Gasteiger partial charge in [0.05, 0.1) is 29.3 Å². The number of carbonyl (C=O) groups excluding carboxylic acids is 2. The number of nitrogens with one attached hydrogen (secondary N) is 1. The van der Waals surface area contributed by atoms with Crippen LogP contribution in [0.3, 0.4) is 0 Å². The quantitative estimate of drug-likeness (QED) is 0.134. The van der Waals surface area contributed by atoms with Crippen LogP contribution >= 0.6 is 0 Å². The maximum absolute atomic E-state index is 13.8. The van der Waals surface area contributed by atoms with E-state index in [-0.39, 0.29) is 36.8 Å². The Hall–Kier alpha value is -7.16. The van der Waals surface area contributed by atoms with Crippen LogP contribution in [-0.4, -0.2) is 47.3 Å². The summed E-state index contributed by atoms with van der Waals surface area (Å²) < 4.78 is 66.8. The van der Waals surface area contributed by atoms with E-state index in [4.69, 9.17) is 23.7 Å². The maximum atomic E-state index is 13.8. The number of Topliss-reactive ketones (excluding diaryl/α,β-unsaturated/α-hetero) is 1. The van der Waals surface area contributed by atoms with Crippen molar-refractivity contribution in [3.63, 3.8) is 0 Å². The van der Waals surface area contributed by atoms with Crippen molar-refractivity contribution in [2.24, 2.45) is 0 Å². The highest BCUT2D eigenvalue weighted by atomic mass is 19.4. The van der Waals surface area contributed by atoms with Gasteiger partial charge in [0.1, 0.15) is 28.9 Å². The van der Waals surface area contributed by atoms with E-state index >= 15 is 0 Å². The molecule has 15 heteroatoms. The van der Waals surface area contributed by atoms with Crippen LogP contribution in [0.5, 0.6) is 28.7 Å². The van der Waals surface area contributed by atoms with E-state index < -0.39 is 22.7 Å². The summed E-state index contributed by atoms with van der Waals surface area (Å²) >= 11 is 0. The molecule has 61 heavy (non-hydrogen) atoms. The lowest BCUT2D eigenvalue weighted by molar-refractivity contribution is -0.141. The van der Waals surface area contributed by atoms with Gasteiger partial charge in [-0.2, -0.15) is 13.2 Å². The Morgan fingerprint density at radius 1 is 0.721 bits per heavy atom. The topological polar surface area (TPSA) is 134 Å². The van der Waals surface area contributed by atoms with E-state index in [1.165, 1.54) is 17.2 Å². The molecule has 2 fully saturated rings. The molecule has 2 aliphatic carbocycles. The molecule has 4 aliphatic rings. The van der Waals surface area contributed by atoms with Gasteiger partial charge in [-0.05, 0) is 109 Å². The first-order valence-electron chi connectivity index (χ1n) is 19.5. The zero-order valence-corrected chi connectivity index (χ0v) is 32.8. The zero-order chi connectivity index (χ0) is 42.2. The summed E-state index contributed by atoms with van der Waals surface area (Å²) in [4.78, 5) is 40.3. The first kappa shape index (κ1) is 39.3. The number of amides is 1. The summed E-state index contributed by atoms with van der Waals surface area (Å²) in [6.45, 7) is 0.345. The van der Waals surface area contributed by atoms with Crippen LogP contribution in [-0.2, 0) is 33.0 Å². The van der Waals surface area contributed by atoms with Crippen molar-refractivity contribution in [2.75, 3.05) is 30.9 Å². The second-order valence-electron chi connectivity index (χ2n) is 15.0. The Morgan fingerprint density at radius 3 is 1.98 bits per heavy atom. The predicted octanol–water partition coefficient (Wildman–Crippen LogP) is 9.03. The van der Waals surface area contributed by atoms with Crippen LogP contribution in [0.4, 0.5) is 36.2 Å². The number of pyridine rings is 3. The maximum Gasteiger partial charge on any atom is 0.433 e. The molecule has 0 atom stereocenters. The van der Waals surface area contributed by atoms with Crippen molar-refractivity contribution >= 4 is 34.7 Å². The molecule has 0 unspecified atom stereocenters. The predicted molar refractivity (Wildman–Crippen MR) is 217 cm³/mol. The number of aromatic nitrogens is 3. The number of methoxy groups -OCH3 is 1. The monoisotopic (exact) mass is 829 g/mol. The minimum atomic E-state index is -4.64. The number of anilines is 4. The number of fused-ring (bicyclic) bond motifs is 2. The molecule has 6 aromatic rings. The van der Waals surface area contributed by atoms with Crippen molar-refractivity contribution in [1.29, 1.82) is 0 Å². The van der Waals surface area contributed by atoms with E-state index in [2.05, 4.69) is 20.3 Å². The number of rotatable bonds is 11. The Labute approximate surface area is 348 Å². The molecule has 12 nitrogen and oxygen atoms in total. The highest BCUT2D eigenvalue weighted by Crippen LogP contribution is 2.54. The summed E-state index contributed by atoms with van der Waals surface area (Å²) in [5.41, 5.74) is 1.18. The fourth-order valence-electron chi connectivity index (χ4n) is 7.60. The smallest absolute Gasteiger partial charge is 0.433 e. The molecule has 0 spiro atoms. The Balaban J connectivity index is 0.000000156. The number of nitrogens with zero attached hydrogens (tertiary/aromatic N) is 4. The molecule has 2 saturated carbocycles. The minimum Gasteiger partial charge on any atom is -0.495 e. The molecule has 0 radical (unpaired) electrons. The summed E-state index contributed by atoms with van der Waals surface area (Å²) in [6, 6.07) is 29.8. The van der Waals surface area contributed by atoms with E-state index in [9.17, 15) is 22.8 Å². The molecular formula is C46H38F3N5O7. The molecule has 310 valence electrons. The molecular weight excluding hydrogens is 792 g/mol. The second kappa shape index (κ2) is 15.8. The first-order chi connectivity index (χ1) is 29.6. The number of hydrogen-bond donors (Lipinski definition) is 1. The highest BCUT2D eigenvalue weighted by Gasteiger charge is 2.54. The molecule has 0 saturated heterocycles. The van der Waals surface area contributed by atoms with Gasteiger partial charge >= 0.3 is 6.18 Å². The molecule has 3 aromatic carbocycles. The third kappa shape index (κ3) is 7.86. The number of ketones is 1. The third-order valence-corrected chi connectivity index (χ3v) is 11.2. The van der Waals surface area contributed by atoms with Gasteiger partial charge in [0.15, 0.2) is 23.0 Å². The summed E-state index contributed by atoms with van der Waals surface area (Å²) in [5, 5.41) is 3.25. The molecule has 0 bridgehead atoms. The fourth-order valence-corrected chi connectivity index (χ4v) is 7.60. The number of hydrogen-bond acceptors (Lipinski definition) is 11. The van der Waals surface area contributed by atoms with E-state index in [0.717, 1.165) is 64.7 Å². The molecule has 2 aliphatic heterocycles. The normalized spacial score (nSPS) is 15.8. The number of para-hydroxylation sites is 2. The number of alkyl halides is 3. The lowest BCUT2D eigenvalue weighted by Crippen LogP contribution is -2.37. The summed E-state index contributed by atoms with van der Waals surface area (Å²) in [5.74, 6) is 4.15. The fraction of sp³-hybridized carbons (Fsp3) is 0.239. The SMILES string of the molecule is COc1ccccc1Nc1ccc(CC(=O)C2(c3ccc4c(c3)OCO4)CC2)cn1.O=C(N(c1ccnc(C(F)(F)F)c1)c1ccccn1)C1(c2ccc3c(c2)OCO3)CC1. The van der Waals surface area contributed by atoms with Gasteiger partial charge in [0.25, 0.3) is 0 Å². The molecule has 1 amide bonds. The van der Waals surface area contributed by atoms with Crippen LogP contribution < -0.4 is 33.9 Å². The number of carbonyl (C=O) groups is 2. The van der Waals surface area contributed by atoms with Crippen molar-refractivity contribution < 1.29 is 46.4 Å². The van der Waals surface area contributed by atoms with Gasteiger partial charge in [-0.1, -0.05) is 36.4 Å². The van der Waals surface area contributed by atoms with Crippen LogP contribution in [0, 0.1) is 0 Å². The average Bonchev–Trinajstić information content (AvgIpc) is 4.17. The summed E-state index contributed by atoms with van der Waals surface area (Å²) in [6.07, 6.45) is 2.87. The molecule has 3 aromatic heterocycles. The van der Waals surface area contributed by atoms with Gasteiger partial charge in [-0.15, -0.1) is 0 Å². The van der Waals surface area contributed by atoms with Crippen LogP contribution in [0.15, 0.2) is 122 Å². The number of halogens is 3. The standard InChI is InChI=1S/C24H22N2O4.C22H16F3N3O3/c1-28-19-5-3-2-4-18(19)26-23-9-6-16(14-25-23)12-22(27)24(10-11-24)17-7-8-20-21(13-17)30-15-29-20;23-22(24,25)18-12-15(6-10-26-18)28(19-3-1-2-9-27-19)20(29)21(7-8-21)14-4-5-16-17(11-14)31-13-30-16/h2-9,13-14H,10-12,15H2,1H3,(H,25,26);1-6,9-12H,7-8,13H2. The van der Waals surface area contributed by atoms with E-state index in [0.29, 0.717) is 36.6 Å². The van der Waals surface area contributed by atoms with Crippen molar-refractivity contribution in [1.82, 2.24) is 15.0 Å². The summed E-state index contributed by atoms with van der Waals surface area (Å²) in [7, 11) is 1.64. The minimum absolute atomic E-state index is 0.0537. The number of benzene rings is 3. The van der Waals surface area contributed by atoms with E-state index in [1.807, 2.05) is 54.6 Å². The van der Waals surface area contributed by atoms with Crippen LogP contribution in [0.1, 0.15) is 48.1 Å². The highest BCUT2D eigenvalue weighted by molar-refractivity contribution is 6.08. The largest absolute Gasteiger partial charge is 0.495 e. The van der Waals surface area contributed by atoms with Gasteiger partial charge < -0.3 is 29.0 Å². The lowest BCUT2D eigenvalue weighted by Gasteiger charge is -2.27. The van der Waals surface area contributed by atoms with E-state index in [1.54, 1.807) is 49.7 Å². The average molecular weight is 830 g/mol. The third-order valence-electron chi connectivity index (χ3n) is 11.2.